The Labute approximate surface area is 187 Å². The average molecular weight is 431 g/mol. The van der Waals surface area contributed by atoms with E-state index in [1.807, 2.05) is 54.6 Å². The molecule has 0 unspecified atom stereocenters. The molecular formula is C26H26N2O4. The van der Waals surface area contributed by atoms with E-state index in [1.54, 1.807) is 25.1 Å². The summed E-state index contributed by atoms with van der Waals surface area (Å²) >= 11 is 0. The average Bonchev–Trinajstić information content (AvgIpc) is 2.85. The van der Waals surface area contributed by atoms with Crippen LogP contribution in [0.1, 0.15) is 27.6 Å². The minimum absolute atomic E-state index is 0.172. The van der Waals surface area contributed by atoms with Crippen molar-refractivity contribution in [1.82, 2.24) is 0 Å². The summed E-state index contributed by atoms with van der Waals surface area (Å²) in [5.74, 6) is -0.513. The number of hydrogen-bond acceptors (Lipinski definition) is 5. The highest BCUT2D eigenvalue weighted by Gasteiger charge is 2.12. The van der Waals surface area contributed by atoms with Crippen LogP contribution in [0.4, 0.5) is 11.4 Å². The molecule has 0 spiro atoms. The first kappa shape index (κ1) is 21.6. The lowest BCUT2D eigenvalue weighted by Gasteiger charge is -2.28. The van der Waals surface area contributed by atoms with Crippen molar-refractivity contribution in [3.8, 4) is 11.1 Å². The number of anilines is 2. The zero-order valence-electron chi connectivity index (χ0n) is 18.0. The van der Waals surface area contributed by atoms with Crippen LogP contribution in [0, 0.1) is 0 Å². The number of hydrogen-bond donors (Lipinski definition) is 1. The number of esters is 1. The lowest BCUT2D eigenvalue weighted by molar-refractivity contribution is 0.0526. The number of carbonyl (C=O) groups is 2. The third-order valence-corrected chi connectivity index (χ3v) is 5.36. The van der Waals surface area contributed by atoms with E-state index in [9.17, 15) is 9.59 Å². The Morgan fingerprint density at radius 1 is 0.906 bits per heavy atom. The summed E-state index contributed by atoms with van der Waals surface area (Å²) in [6.45, 7) is 5.34. The van der Waals surface area contributed by atoms with Gasteiger partial charge >= 0.3 is 5.97 Å². The van der Waals surface area contributed by atoms with E-state index in [1.165, 1.54) is 0 Å². The Morgan fingerprint density at radius 2 is 1.62 bits per heavy atom. The topological polar surface area (TPSA) is 67.9 Å². The van der Waals surface area contributed by atoms with Gasteiger partial charge in [-0.25, -0.2) is 4.79 Å². The van der Waals surface area contributed by atoms with E-state index in [4.69, 9.17) is 9.47 Å². The fourth-order valence-electron chi connectivity index (χ4n) is 3.63. The quantitative estimate of drug-likeness (QED) is 0.578. The van der Waals surface area contributed by atoms with Crippen molar-refractivity contribution in [2.24, 2.45) is 0 Å². The van der Waals surface area contributed by atoms with E-state index in [-0.39, 0.29) is 11.9 Å². The maximum Gasteiger partial charge on any atom is 0.338 e. The number of carbonyl (C=O) groups excluding carboxylic acids is 2. The monoisotopic (exact) mass is 430 g/mol. The van der Waals surface area contributed by atoms with Gasteiger partial charge in [-0.05, 0) is 66.6 Å². The van der Waals surface area contributed by atoms with Gasteiger partial charge < -0.3 is 19.7 Å². The van der Waals surface area contributed by atoms with Crippen LogP contribution in [-0.2, 0) is 9.47 Å². The van der Waals surface area contributed by atoms with Crippen molar-refractivity contribution < 1.29 is 19.1 Å². The van der Waals surface area contributed by atoms with Crippen LogP contribution < -0.4 is 10.2 Å². The highest BCUT2D eigenvalue weighted by molar-refractivity contribution is 6.05. The molecule has 1 amide bonds. The van der Waals surface area contributed by atoms with Gasteiger partial charge in [0.25, 0.3) is 5.91 Å². The van der Waals surface area contributed by atoms with Crippen LogP contribution >= 0.6 is 0 Å². The molecule has 3 aromatic rings. The Morgan fingerprint density at radius 3 is 2.31 bits per heavy atom. The van der Waals surface area contributed by atoms with Crippen molar-refractivity contribution in [3.05, 3.63) is 83.9 Å². The summed E-state index contributed by atoms with van der Waals surface area (Å²) in [6, 6.07) is 22.5. The van der Waals surface area contributed by atoms with Gasteiger partial charge in [0.1, 0.15) is 0 Å². The molecule has 0 aliphatic carbocycles. The van der Waals surface area contributed by atoms with Gasteiger partial charge in [0.2, 0.25) is 0 Å². The van der Waals surface area contributed by atoms with Gasteiger partial charge in [-0.15, -0.1) is 0 Å². The molecule has 4 rings (SSSR count). The van der Waals surface area contributed by atoms with Crippen LogP contribution in [-0.4, -0.2) is 44.8 Å². The molecular weight excluding hydrogens is 404 g/mol. The summed E-state index contributed by atoms with van der Waals surface area (Å²) in [5, 5.41) is 2.96. The molecule has 6 heteroatoms. The van der Waals surface area contributed by atoms with Crippen LogP contribution in [0.3, 0.4) is 0 Å². The minimum atomic E-state index is -0.341. The normalized spacial score (nSPS) is 13.5. The van der Waals surface area contributed by atoms with E-state index in [0.29, 0.717) is 17.7 Å². The van der Waals surface area contributed by atoms with E-state index in [0.717, 1.165) is 48.8 Å². The van der Waals surface area contributed by atoms with Crippen LogP contribution in [0.25, 0.3) is 11.1 Å². The van der Waals surface area contributed by atoms with Crippen molar-refractivity contribution >= 4 is 23.3 Å². The van der Waals surface area contributed by atoms with E-state index < -0.39 is 0 Å². The summed E-state index contributed by atoms with van der Waals surface area (Å²) < 4.78 is 10.4. The molecule has 6 nitrogen and oxygen atoms in total. The van der Waals surface area contributed by atoms with E-state index >= 15 is 0 Å². The molecule has 1 fully saturated rings. The lowest BCUT2D eigenvalue weighted by Crippen LogP contribution is -2.36. The molecule has 1 saturated heterocycles. The molecule has 0 radical (unpaired) electrons. The second-order valence-corrected chi connectivity index (χ2v) is 7.48. The standard InChI is InChI=1S/C26H26N2O4/c1-2-32-26(30)20-8-6-19(7-9-20)21-4-3-5-22(18-21)25(29)27-23-10-12-24(13-11-23)28-14-16-31-17-15-28/h3-13,18H,2,14-17H2,1H3,(H,27,29). The predicted molar refractivity (Wildman–Crippen MR) is 125 cm³/mol. The van der Waals surface area contributed by atoms with Crippen molar-refractivity contribution in [2.45, 2.75) is 6.92 Å². The fourth-order valence-corrected chi connectivity index (χ4v) is 3.63. The Hall–Kier alpha value is -3.64. The third kappa shape index (κ3) is 5.15. The Kier molecular flexibility index (Phi) is 6.82. The molecule has 1 aliphatic heterocycles. The van der Waals surface area contributed by atoms with Gasteiger partial charge in [0.15, 0.2) is 0 Å². The summed E-state index contributed by atoms with van der Waals surface area (Å²) in [5.41, 5.74) is 4.76. The van der Waals surface area contributed by atoms with E-state index in [2.05, 4.69) is 10.2 Å². The number of nitrogens with one attached hydrogen (secondary N) is 1. The van der Waals surface area contributed by atoms with Gasteiger partial charge in [-0.2, -0.15) is 0 Å². The van der Waals surface area contributed by atoms with Gasteiger partial charge in [-0.3, -0.25) is 4.79 Å². The molecule has 0 bridgehead atoms. The summed E-state index contributed by atoms with van der Waals surface area (Å²) in [4.78, 5) is 26.9. The van der Waals surface area contributed by atoms with Gasteiger partial charge in [0.05, 0.1) is 25.4 Å². The molecule has 0 aromatic heterocycles. The van der Waals surface area contributed by atoms with Crippen molar-refractivity contribution in [1.29, 1.82) is 0 Å². The smallest absolute Gasteiger partial charge is 0.338 e. The summed E-state index contributed by atoms with van der Waals surface area (Å²) in [7, 11) is 0. The number of rotatable bonds is 6. The van der Waals surface area contributed by atoms with Gasteiger partial charge in [0, 0.05) is 30.0 Å². The highest BCUT2D eigenvalue weighted by atomic mass is 16.5. The van der Waals surface area contributed by atoms with Crippen LogP contribution in [0.5, 0.6) is 0 Å². The zero-order valence-corrected chi connectivity index (χ0v) is 18.0. The number of benzene rings is 3. The highest BCUT2D eigenvalue weighted by Crippen LogP contribution is 2.23. The Bertz CT molecular complexity index is 1070. The molecule has 1 N–H and O–H groups in total. The molecule has 0 atom stereocenters. The largest absolute Gasteiger partial charge is 0.462 e. The fraction of sp³-hybridized carbons (Fsp3) is 0.231. The molecule has 164 valence electrons. The molecule has 1 heterocycles. The number of morpholine rings is 1. The first-order chi connectivity index (χ1) is 15.6. The summed E-state index contributed by atoms with van der Waals surface area (Å²) in [6.07, 6.45) is 0. The molecule has 1 aliphatic rings. The van der Waals surface area contributed by atoms with Crippen molar-refractivity contribution in [3.63, 3.8) is 0 Å². The van der Waals surface area contributed by atoms with Crippen LogP contribution in [0.2, 0.25) is 0 Å². The zero-order chi connectivity index (χ0) is 22.3. The number of amides is 1. The molecule has 3 aromatic carbocycles. The second-order valence-electron chi connectivity index (χ2n) is 7.48. The lowest BCUT2D eigenvalue weighted by atomic mass is 10.0. The maximum atomic E-state index is 12.8. The first-order valence-electron chi connectivity index (χ1n) is 10.8. The SMILES string of the molecule is CCOC(=O)c1ccc(-c2cccc(C(=O)Nc3ccc(N4CCOCC4)cc3)c2)cc1. The Balaban J connectivity index is 1.43. The van der Waals surface area contributed by atoms with Crippen LogP contribution in [0.15, 0.2) is 72.8 Å². The number of ether oxygens (including phenoxy) is 2. The second kappa shape index (κ2) is 10.1. The minimum Gasteiger partial charge on any atom is -0.462 e. The van der Waals surface area contributed by atoms with Gasteiger partial charge in [-0.1, -0.05) is 24.3 Å². The predicted octanol–water partition coefficient (Wildman–Crippen LogP) is 4.62. The number of nitrogens with zero attached hydrogens (tertiary/aromatic N) is 1. The third-order valence-electron chi connectivity index (χ3n) is 5.36. The molecule has 32 heavy (non-hydrogen) atoms. The maximum absolute atomic E-state index is 12.8. The van der Waals surface area contributed by atoms with Crippen molar-refractivity contribution in [2.75, 3.05) is 43.1 Å². The molecule has 0 saturated carbocycles. The first-order valence-corrected chi connectivity index (χ1v) is 10.8.